The standard InChI is InChI=1S/C26H36ClN3O4S/c1-8-22(25(32)28-26(4,5)6)29(16-20-11-9-10-18(2)14-20)24(31)17-30(35(7,33)34)23-15-21(27)13-12-19(23)3/h9-15,22H,8,16-17H2,1-7H3,(H,28,32). The summed E-state index contributed by atoms with van der Waals surface area (Å²) < 4.78 is 26.6. The molecule has 0 aliphatic carbocycles. The first-order valence-electron chi connectivity index (χ1n) is 11.5. The molecule has 7 nitrogen and oxygen atoms in total. The number of halogens is 1. The topological polar surface area (TPSA) is 86.8 Å². The molecule has 1 atom stereocenters. The van der Waals surface area contributed by atoms with Crippen LogP contribution in [0.1, 0.15) is 50.8 Å². The molecule has 1 unspecified atom stereocenters. The lowest BCUT2D eigenvalue weighted by atomic mass is 10.0. The van der Waals surface area contributed by atoms with Gasteiger partial charge in [-0.25, -0.2) is 8.42 Å². The Kier molecular flexibility index (Phi) is 9.36. The maximum Gasteiger partial charge on any atom is 0.244 e. The molecule has 0 spiro atoms. The van der Waals surface area contributed by atoms with Crippen LogP contribution < -0.4 is 9.62 Å². The van der Waals surface area contributed by atoms with Gasteiger partial charge in [0, 0.05) is 17.1 Å². The fourth-order valence-electron chi connectivity index (χ4n) is 3.83. The van der Waals surface area contributed by atoms with Crippen molar-refractivity contribution < 1.29 is 18.0 Å². The summed E-state index contributed by atoms with van der Waals surface area (Å²) in [5.74, 6) is -0.766. The second kappa shape index (κ2) is 11.4. The van der Waals surface area contributed by atoms with Crippen LogP contribution in [0.25, 0.3) is 0 Å². The van der Waals surface area contributed by atoms with Crippen LogP contribution in [0.3, 0.4) is 0 Å². The van der Waals surface area contributed by atoms with Crippen LogP contribution in [0.5, 0.6) is 0 Å². The molecule has 2 aromatic carbocycles. The van der Waals surface area contributed by atoms with Gasteiger partial charge in [0.1, 0.15) is 12.6 Å². The molecule has 0 heterocycles. The number of amides is 2. The molecule has 2 rings (SSSR count). The molecule has 192 valence electrons. The van der Waals surface area contributed by atoms with E-state index in [1.165, 1.54) is 11.0 Å². The molecule has 0 aliphatic rings. The average molecular weight is 522 g/mol. The lowest BCUT2D eigenvalue weighted by Crippen LogP contribution is -2.55. The van der Waals surface area contributed by atoms with Crippen LogP contribution in [0, 0.1) is 13.8 Å². The molecule has 2 amide bonds. The zero-order chi connectivity index (χ0) is 26.6. The number of aryl methyl sites for hydroxylation is 2. The summed E-state index contributed by atoms with van der Waals surface area (Å²) in [6.07, 6.45) is 1.42. The number of rotatable bonds is 9. The van der Waals surface area contributed by atoms with Crippen LogP contribution in [0.15, 0.2) is 42.5 Å². The lowest BCUT2D eigenvalue weighted by Gasteiger charge is -2.34. The number of hydrogen-bond donors (Lipinski definition) is 1. The highest BCUT2D eigenvalue weighted by Gasteiger charge is 2.33. The quantitative estimate of drug-likeness (QED) is 0.528. The van der Waals surface area contributed by atoms with Gasteiger partial charge in [0.05, 0.1) is 11.9 Å². The number of carbonyl (C=O) groups excluding carboxylic acids is 2. The predicted molar refractivity (Wildman–Crippen MR) is 142 cm³/mol. The van der Waals surface area contributed by atoms with Crippen molar-refractivity contribution >= 4 is 39.1 Å². The summed E-state index contributed by atoms with van der Waals surface area (Å²) in [5.41, 5.74) is 2.38. The van der Waals surface area contributed by atoms with Gasteiger partial charge in [-0.15, -0.1) is 0 Å². The van der Waals surface area contributed by atoms with Crippen molar-refractivity contribution in [2.75, 3.05) is 17.1 Å². The molecule has 0 saturated heterocycles. The number of anilines is 1. The summed E-state index contributed by atoms with van der Waals surface area (Å²) in [6, 6.07) is 11.8. The van der Waals surface area contributed by atoms with Crippen molar-refractivity contribution in [1.82, 2.24) is 10.2 Å². The minimum absolute atomic E-state index is 0.169. The normalized spacial score (nSPS) is 12.7. The number of nitrogens with one attached hydrogen (secondary N) is 1. The third-order valence-corrected chi connectivity index (χ3v) is 6.80. The van der Waals surface area contributed by atoms with Gasteiger partial charge in [0.15, 0.2) is 0 Å². The highest BCUT2D eigenvalue weighted by molar-refractivity contribution is 7.92. The van der Waals surface area contributed by atoms with E-state index < -0.39 is 34.1 Å². The van der Waals surface area contributed by atoms with Crippen LogP contribution in [-0.2, 0) is 26.2 Å². The first-order valence-corrected chi connectivity index (χ1v) is 13.8. The molecule has 0 fully saturated rings. The zero-order valence-electron chi connectivity index (χ0n) is 21.6. The Hall–Kier alpha value is -2.58. The van der Waals surface area contributed by atoms with Crippen molar-refractivity contribution in [2.24, 2.45) is 0 Å². The number of benzene rings is 2. The maximum atomic E-state index is 13.7. The highest BCUT2D eigenvalue weighted by atomic mass is 35.5. The second-order valence-corrected chi connectivity index (χ2v) is 12.2. The molecule has 0 radical (unpaired) electrons. The van der Waals surface area contributed by atoms with E-state index in [0.29, 0.717) is 22.7 Å². The van der Waals surface area contributed by atoms with Gasteiger partial charge >= 0.3 is 0 Å². The van der Waals surface area contributed by atoms with Crippen molar-refractivity contribution in [3.05, 3.63) is 64.2 Å². The Morgan fingerprint density at radius 3 is 2.29 bits per heavy atom. The van der Waals surface area contributed by atoms with E-state index in [9.17, 15) is 18.0 Å². The third kappa shape index (κ3) is 8.25. The summed E-state index contributed by atoms with van der Waals surface area (Å²) >= 11 is 6.14. The average Bonchev–Trinajstić information content (AvgIpc) is 2.71. The summed E-state index contributed by atoms with van der Waals surface area (Å²) in [6.45, 7) is 10.9. The van der Waals surface area contributed by atoms with Gasteiger partial charge in [0.25, 0.3) is 0 Å². The number of nitrogens with zero attached hydrogens (tertiary/aromatic N) is 2. The maximum absolute atomic E-state index is 13.7. The van der Waals surface area contributed by atoms with Crippen molar-refractivity contribution in [3.8, 4) is 0 Å². The van der Waals surface area contributed by atoms with Crippen LogP contribution >= 0.6 is 11.6 Å². The van der Waals surface area contributed by atoms with E-state index in [0.717, 1.165) is 21.7 Å². The minimum atomic E-state index is -3.82. The summed E-state index contributed by atoms with van der Waals surface area (Å²) in [7, 11) is -3.82. The van der Waals surface area contributed by atoms with E-state index in [4.69, 9.17) is 11.6 Å². The first-order chi connectivity index (χ1) is 16.1. The fraction of sp³-hybridized carbons (Fsp3) is 0.462. The Bertz CT molecular complexity index is 1180. The van der Waals surface area contributed by atoms with E-state index in [1.807, 2.05) is 58.9 Å². The van der Waals surface area contributed by atoms with Crippen LogP contribution in [0.2, 0.25) is 5.02 Å². The summed E-state index contributed by atoms with van der Waals surface area (Å²) in [5, 5.41) is 3.31. The number of sulfonamides is 1. The minimum Gasteiger partial charge on any atom is -0.350 e. The molecule has 0 aliphatic heterocycles. The first kappa shape index (κ1) is 28.7. The van der Waals surface area contributed by atoms with Gasteiger partial charge in [-0.1, -0.05) is 54.4 Å². The molecular weight excluding hydrogens is 486 g/mol. The van der Waals surface area contributed by atoms with Gasteiger partial charge < -0.3 is 10.2 Å². The Morgan fingerprint density at radius 2 is 1.74 bits per heavy atom. The van der Waals surface area contributed by atoms with E-state index in [2.05, 4.69) is 5.32 Å². The van der Waals surface area contributed by atoms with Crippen molar-refractivity contribution in [2.45, 2.75) is 66.1 Å². The highest BCUT2D eigenvalue weighted by Crippen LogP contribution is 2.27. The molecule has 9 heteroatoms. The third-order valence-electron chi connectivity index (χ3n) is 5.44. The Labute approximate surface area is 214 Å². The smallest absolute Gasteiger partial charge is 0.244 e. The SMILES string of the molecule is CCC(C(=O)NC(C)(C)C)N(Cc1cccc(C)c1)C(=O)CN(c1cc(Cl)ccc1C)S(C)(=O)=O. The van der Waals surface area contributed by atoms with Gasteiger partial charge in [-0.05, 0) is 64.3 Å². The molecule has 0 saturated carbocycles. The fourth-order valence-corrected chi connectivity index (χ4v) is 4.89. The Balaban J connectivity index is 2.51. The van der Waals surface area contributed by atoms with E-state index >= 15 is 0 Å². The lowest BCUT2D eigenvalue weighted by molar-refractivity contribution is -0.141. The second-order valence-electron chi connectivity index (χ2n) is 9.87. The summed E-state index contributed by atoms with van der Waals surface area (Å²) in [4.78, 5) is 28.4. The zero-order valence-corrected chi connectivity index (χ0v) is 23.1. The van der Waals surface area contributed by atoms with Crippen LogP contribution in [0.4, 0.5) is 5.69 Å². The predicted octanol–water partition coefficient (Wildman–Crippen LogP) is 4.44. The van der Waals surface area contributed by atoms with Gasteiger partial charge in [-0.2, -0.15) is 0 Å². The molecule has 2 aromatic rings. The van der Waals surface area contributed by atoms with Crippen molar-refractivity contribution in [1.29, 1.82) is 0 Å². The monoisotopic (exact) mass is 521 g/mol. The molecule has 0 aromatic heterocycles. The van der Waals surface area contributed by atoms with Gasteiger partial charge in [-0.3, -0.25) is 13.9 Å². The molecule has 1 N–H and O–H groups in total. The molecular formula is C26H36ClN3O4S. The van der Waals surface area contributed by atoms with Crippen molar-refractivity contribution in [3.63, 3.8) is 0 Å². The number of hydrogen-bond acceptors (Lipinski definition) is 4. The number of carbonyl (C=O) groups is 2. The van der Waals surface area contributed by atoms with Crippen LogP contribution in [-0.4, -0.2) is 49.5 Å². The molecule has 35 heavy (non-hydrogen) atoms. The largest absolute Gasteiger partial charge is 0.350 e. The van der Waals surface area contributed by atoms with E-state index in [-0.39, 0.29) is 12.5 Å². The molecule has 0 bridgehead atoms. The Morgan fingerprint density at radius 1 is 1.09 bits per heavy atom. The van der Waals surface area contributed by atoms with Gasteiger partial charge in [0.2, 0.25) is 21.8 Å². The van der Waals surface area contributed by atoms with E-state index in [1.54, 1.807) is 19.1 Å².